The van der Waals surface area contributed by atoms with Gasteiger partial charge in [-0.05, 0) is 28.1 Å². The fourth-order valence-corrected chi connectivity index (χ4v) is 3.45. The molecule has 0 amide bonds. The van der Waals surface area contributed by atoms with Crippen molar-refractivity contribution in [1.82, 2.24) is 4.98 Å². The predicted molar refractivity (Wildman–Crippen MR) is 98.7 cm³/mol. The second-order valence-electron chi connectivity index (χ2n) is 4.06. The Balaban J connectivity index is 2.31. The van der Waals surface area contributed by atoms with E-state index in [1.54, 1.807) is 12.1 Å². The fraction of sp³-hybridized carbons (Fsp3) is 0. The number of nitrogens with zero attached hydrogens (tertiary/aromatic N) is 3. The Bertz CT molecular complexity index is 852. The number of rotatable bonds is 3. The molecule has 118 valence electrons. The van der Waals surface area contributed by atoms with E-state index in [9.17, 15) is 5.11 Å². The average molecular weight is 499 g/mol. The standard InChI is InChI=1S/C13H5Br2Cl3N4O/c14-6-1-5(11(23)8(15)2-6)4-20-22-13-10(17)9(16)7(3-19)12(18)21-13/h1-2,4,23H,(H,21,22)/b20-4+. The molecule has 0 aliphatic heterocycles. The van der Waals surface area contributed by atoms with Gasteiger partial charge >= 0.3 is 0 Å². The van der Waals surface area contributed by atoms with Gasteiger partial charge in [0.2, 0.25) is 0 Å². The first-order valence-corrected chi connectivity index (χ1v) is 8.48. The first kappa shape index (κ1) is 18.3. The van der Waals surface area contributed by atoms with E-state index >= 15 is 0 Å². The zero-order chi connectivity index (χ0) is 17.1. The smallest absolute Gasteiger partial charge is 0.168 e. The van der Waals surface area contributed by atoms with Crippen molar-refractivity contribution in [2.24, 2.45) is 5.10 Å². The Morgan fingerprint density at radius 2 is 1.96 bits per heavy atom. The van der Waals surface area contributed by atoms with Crippen LogP contribution in [-0.2, 0) is 0 Å². The summed E-state index contributed by atoms with van der Waals surface area (Å²) in [4.78, 5) is 3.91. The first-order chi connectivity index (χ1) is 10.8. The Morgan fingerprint density at radius 1 is 1.26 bits per heavy atom. The SMILES string of the molecule is N#Cc1c(Cl)nc(N/N=C/c2cc(Br)cc(Br)c2O)c(Cl)c1Cl. The predicted octanol–water partition coefficient (Wildman–Crippen LogP) is 5.59. The zero-order valence-corrected chi connectivity index (χ0v) is 16.4. The van der Waals surface area contributed by atoms with Gasteiger partial charge in [0.25, 0.3) is 0 Å². The highest BCUT2D eigenvalue weighted by molar-refractivity contribution is 9.11. The fourth-order valence-electron chi connectivity index (χ4n) is 1.52. The highest BCUT2D eigenvalue weighted by atomic mass is 79.9. The molecule has 1 heterocycles. The number of nitriles is 1. The number of aromatic hydroxyl groups is 1. The molecule has 2 rings (SSSR count). The Morgan fingerprint density at radius 3 is 2.61 bits per heavy atom. The molecular weight excluding hydrogens is 494 g/mol. The van der Waals surface area contributed by atoms with Gasteiger partial charge in [-0.25, -0.2) is 4.98 Å². The van der Waals surface area contributed by atoms with Crippen LogP contribution in [0.5, 0.6) is 5.75 Å². The van der Waals surface area contributed by atoms with E-state index in [0.717, 1.165) is 4.47 Å². The Labute approximate surface area is 163 Å². The van der Waals surface area contributed by atoms with Gasteiger partial charge in [0, 0.05) is 10.0 Å². The lowest BCUT2D eigenvalue weighted by Crippen LogP contribution is -1.98. The molecule has 0 saturated carbocycles. The van der Waals surface area contributed by atoms with Crippen LogP contribution in [0, 0.1) is 11.3 Å². The number of nitrogens with one attached hydrogen (secondary N) is 1. The Hall–Kier alpha value is -1.04. The molecule has 0 fully saturated rings. The van der Waals surface area contributed by atoms with Gasteiger partial charge in [-0.1, -0.05) is 50.7 Å². The van der Waals surface area contributed by atoms with Crippen LogP contribution in [-0.4, -0.2) is 16.3 Å². The number of benzene rings is 1. The molecule has 2 aromatic rings. The first-order valence-electron chi connectivity index (χ1n) is 5.76. The maximum Gasteiger partial charge on any atom is 0.168 e. The normalized spacial score (nSPS) is 10.8. The van der Waals surface area contributed by atoms with E-state index in [1.807, 2.05) is 6.07 Å². The van der Waals surface area contributed by atoms with Gasteiger partial charge in [0.1, 0.15) is 22.4 Å². The molecule has 0 spiro atoms. The van der Waals surface area contributed by atoms with Crippen LogP contribution >= 0.6 is 66.7 Å². The second-order valence-corrected chi connectivity index (χ2v) is 6.95. The lowest BCUT2D eigenvalue weighted by molar-refractivity contribution is 0.471. The number of halogens is 5. The summed E-state index contributed by atoms with van der Waals surface area (Å²) >= 11 is 24.3. The number of hydrazone groups is 1. The highest BCUT2D eigenvalue weighted by Gasteiger charge is 2.16. The van der Waals surface area contributed by atoms with Crippen LogP contribution in [0.2, 0.25) is 15.2 Å². The minimum atomic E-state index is -0.0901. The van der Waals surface area contributed by atoms with Crippen LogP contribution in [0.3, 0.4) is 0 Å². The largest absolute Gasteiger partial charge is 0.506 e. The number of aromatic nitrogens is 1. The lowest BCUT2D eigenvalue weighted by atomic mass is 10.2. The van der Waals surface area contributed by atoms with Crippen molar-refractivity contribution >= 4 is 78.7 Å². The number of hydrogen-bond acceptors (Lipinski definition) is 5. The minimum absolute atomic E-state index is 0.0126. The van der Waals surface area contributed by atoms with Crippen molar-refractivity contribution in [3.05, 3.63) is 47.4 Å². The molecule has 0 aliphatic rings. The van der Waals surface area contributed by atoms with Crippen LogP contribution in [0.4, 0.5) is 5.82 Å². The summed E-state index contributed by atoms with van der Waals surface area (Å²) in [5.41, 5.74) is 3.00. The Kier molecular flexibility index (Phi) is 6.12. The van der Waals surface area contributed by atoms with Gasteiger partial charge in [0.15, 0.2) is 11.0 Å². The van der Waals surface area contributed by atoms with E-state index in [1.165, 1.54) is 6.21 Å². The van der Waals surface area contributed by atoms with Crippen LogP contribution in [0.15, 0.2) is 26.2 Å². The molecule has 1 aromatic carbocycles. The molecule has 10 heteroatoms. The molecule has 1 aromatic heterocycles. The van der Waals surface area contributed by atoms with Crippen LogP contribution in [0.25, 0.3) is 0 Å². The quantitative estimate of drug-likeness (QED) is 0.328. The van der Waals surface area contributed by atoms with E-state index in [0.29, 0.717) is 10.0 Å². The van der Waals surface area contributed by atoms with Crippen molar-refractivity contribution in [3.8, 4) is 11.8 Å². The number of anilines is 1. The molecule has 0 radical (unpaired) electrons. The summed E-state index contributed by atoms with van der Waals surface area (Å²) in [5, 5.41) is 22.7. The zero-order valence-electron chi connectivity index (χ0n) is 10.9. The molecule has 0 saturated heterocycles. The maximum absolute atomic E-state index is 9.92. The van der Waals surface area contributed by atoms with Crippen molar-refractivity contribution in [2.75, 3.05) is 5.43 Å². The molecule has 2 N–H and O–H groups in total. The monoisotopic (exact) mass is 496 g/mol. The average Bonchev–Trinajstić information content (AvgIpc) is 2.49. The van der Waals surface area contributed by atoms with Crippen molar-refractivity contribution < 1.29 is 5.11 Å². The minimum Gasteiger partial charge on any atom is -0.506 e. The lowest BCUT2D eigenvalue weighted by Gasteiger charge is -2.07. The van der Waals surface area contributed by atoms with E-state index in [2.05, 4.69) is 47.4 Å². The molecule has 23 heavy (non-hydrogen) atoms. The molecular formula is C13H5Br2Cl3N4O. The summed E-state index contributed by atoms with van der Waals surface area (Å²) in [6.07, 6.45) is 1.36. The highest BCUT2D eigenvalue weighted by Crippen LogP contribution is 2.35. The maximum atomic E-state index is 9.92. The van der Waals surface area contributed by atoms with Crippen LogP contribution in [0.1, 0.15) is 11.1 Å². The molecule has 5 nitrogen and oxygen atoms in total. The van der Waals surface area contributed by atoms with Gasteiger partial charge in [-0.3, -0.25) is 5.43 Å². The summed E-state index contributed by atoms with van der Waals surface area (Å²) in [6.45, 7) is 0. The molecule has 0 bridgehead atoms. The topological polar surface area (TPSA) is 81.3 Å². The van der Waals surface area contributed by atoms with Gasteiger partial charge < -0.3 is 5.11 Å². The third-order valence-corrected chi connectivity index (χ3v) is 4.76. The number of pyridine rings is 1. The van der Waals surface area contributed by atoms with Gasteiger partial charge in [-0.2, -0.15) is 10.4 Å². The number of hydrogen-bond donors (Lipinski definition) is 2. The summed E-state index contributed by atoms with van der Waals surface area (Å²) in [5.74, 6) is 0.110. The van der Waals surface area contributed by atoms with Crippen molar-refractivity contribution in [3.63, 3.8) is 0 Å². The van der Waals surface area contributed by atoms with Gasteiger partial charge in [-0.15, -0.1) is 0 Å². The van der Waals surface area contributed by atoms with E-state index in [4.69, 9.17) is 40.1 Å². The summed E-state index contributed by atoms with van der Waals surface area (Å²) in [7, 11) is 0. The van der Waals surface area contributed by atoms with E-state index < -0.39 is 0 Å². The molecule has 0 aliphatic carbocycles. The number of phenols is 1. The van der Waals surface area contributed by atoms with E-state index in [-0.39, 0.29) is 32.3 Å². The van der Waals surface area contributed by atoms with Gasteiger partial charge in [0.05, 0.1) is 15.7 Å². The van der Waals surface area contributed by atoms with Crippen LogP contribution < -0.4 is 5.43 Å². The second kappa shape index (κ2) is 7.69. The van der Waals surface area contributed by atoms with Crippen molar-refractivity contribution in [1.29, 1.82) is 5.26 Å². The third kappa shape index (κ3) is 4.08. The summed E-state index contributed by atoms with van der Waals surface area (Å²) in [6, 6.07) is 5.17. The van der Waals surface area contributed by atoms with Crippen molar-refractivity contribution in [2.45, 2.75) is 0 Å². The molecule has 0 unspecified atom stereocenters. The number of phenolic OH excluding ortho intramolecular Hbond substituents is 1. The summed E-state index contributed by atoms with van der Waals surface area (Å²) < 4.78 is 1.26. The molecule has 0 atom stereocenters. The third-order valence-electron chi connectivity index (χ3n) is 2.58.